The van der Waals surface area contributed by atoms with E-state index >= 15 is 0 Å². The molecule has 6 heteroatoms. The zero-order valence-corrected chi connectivity index (χ0v) is 16.8. The van der Waals surface area contributed by atoms with Crippen molar-refractivity contribution in [3.05, 3.63) is 23.2 Å². The minimum atomic E-state index is -1.04. The van der Waals surface area contributed by atoms with Crippen LogP contribution in [0.15, 0.2) is 15.5 Å². The van der Waals surface area contributed by atoms with Gasteiger partial charge in [-0.25, -0.2) is 4.99 Å². The number of nitrogens with one attached hydrogen (secondary N) is 2. The first-order valence-corrected chi connectivity index (χ1v) is 7.58. The summed E-state index contributed by atoms with van der Waals surface area (Å²) in [6, 6.07) is 1.87. The molecule has 1 aromatic rings. The summed E-state index contributed by atoms with van der Waals surface area (Å²) in [5, 5.41) is 17.1. The lowest BCUT2D eigenvalue weighted by Gasteiger charge is -2.22. The Hall–Kier alpha value is -0.760. The van der Waals surface area contributed by atoms with Crippen molar-refractivity contribution in [3.8, 4) is 0 Å². The van der Waals surface area contributed by atoms with Crippen LogP contribution in [0.5, 0.6) is 0 Å². The lowest BCUT2D eigenvalue weighted by atomic mass is 9.96. The van der Waals surface area contributed by atoms with Gasteiger partial charge in [0, 0.05) is 18.7 Å². The maximum Gasteiger partial charge on any atom is 0.191 e. The van der Waals surface area contributed by atoms with E-state index in [1.807, 2.05) is 26.8 Å². The highest BCUT2D eigenvalue weighted by Crippen LogP contribution is 2.27. The molecule has 0 radical (unpaired) electrons. The lowest BCUT2D eigenvalue weighted by molar-refractivity contribution is 0.0657. The van der Waals surface area contributed by atoms with E-state index in [-0.39, 0.29) is 30.5 Å². The van der Waals surface area contributed by atoms with Gasteiger partial charge in [0.15, 0.2) is 5.96 Å². The Morgan fingerprint density at radius 3 is 2.45 bits per heavy atom. The molecule has 5 nitrogen and oxygen atoms in total. The van der Waals surface area contributed by atoms with Crippen molar-refractivity contribution in [2.45, 2.75) is 47.1 Å². The van der Waals surface area contributed by atoms with Gasteiger partial charge in [-0.2, -0.15) is 0 Å². The Labute approximate surface area is 151 Å². The van der Waals surface area contributed by atoms with Crippen molar-refractivity contribution in [1.29, 1.82) is 0 Å². The maximum atomic E-state index is 10.7. The Morgan fingerprint density at radius 1 is 1.36 bits per heavy atom. The van der Waals surface area contributed by atoms with Crippen molar-refractivity contribution < 1.29 is 9.52 Å². The first-order chi connectivity index (χ1) is 9.76. The zero-order chi connectivity index (χ0) is 16.0. The predicted octanol–water partition coefficient (Wildman–Crippen LogP) is 2.93. The molecule has 0 aliphatic rings. The number of rotatable bonds is 6. The monoisotopic (exact) mass is 423 g/mol. The van der Waals surface area contributed by atoms with Crippen LogP contribution in [0, 0.1) is 19.8 Å². The van der Waals surface area contributed by atoms with E-state index in [0.29, 0.717) is 5.92 Å². The maximum absolute atomic E-state index is 10.7. The number of halogens is 1. The Morgan fingerprint density at radius 2 is 2.00 bits per heavy atom. The van der Waals surface area contributed by atoms with Gasteiger partial charge in [0.05, 0.1) is 6.54 Å². The largest absolute Gasteiger partial charge is 0.466 e. The fourth-order valence-electron chi connectivity index (χ4n) is 2.13. The molecule has 0 spiro atoms. The van der Waals surface area contributed by atoms with E-state index in [0.717, 1.165) is 36.1 Å². The fourth-order valence-corrected chi connectivity index (χ4v) is 2.13. The number of furan rings is 1. The second kappa shape index (κ2) is 9.39. The van der Waals surface area contributed by atoms with E-state index in [1.165, 1.54) is 0 Å². The van der Waals surface area contributed by atoms with Gasteiger partial charge in [-0.15, -0.1) is 24.0 Å². The molecule has 1 atom stereocenters. The van der Waals surface area contributed by atoms with E-state index in [1.54, 1.807) is 6.92 Å². The molecule has 0 amide bonds. The quantitative estimate of drug-likeness (QED) is 0.374. The molecule has 1 unspecified atom stereocenters. The SMILES string of the molecule is CCNC(=NCC(C)(O)c1cc(C)oc1C)NCC(C)C.I. The van der Waals surface area contributed by atoms with E-state index < -0.39 is 5.60 Å². The minimum absolute atomic E-state index is 0. The summed E-state index contributed by atoms with van der Waals surface area (Å²) >= 11 is 0. The summed E-state index contributed by atoms with van der Waals surface area (Å²) in [6.07, 6.45) is 0. The van der Waals surface area contributed by atoms with Crippen LogP contribution in [0.25, 0.3) is 0 Å². The molecule has 0 saturated carbocycles. The molecule has 3 N–H and O–H groups in total. The van der Waals surface area contributed by atoms with Crippen LogP contribution in [0.1, 0.15) is 44.8 Å². The van der Waals surface area contributed by atoms with Crippen LogP contribution in [0.3, 0.4) is 0 Å². The van der Waals surface area contributed by atoms with Gasteiger partial charge in [-0.05, 0) is 39.7 Å². The molecule has 1 rings (SSSR count). The van der Waals surface area contributed by atoms with Gasteiger partial charge in [-0.1, -0.05) is 13.8 Å². The highest BCUT2D eigenvalue weighted by molar-refractivity contribution is 14.0. The van der Waals surface area contributed by atoms with Crippen molar-refractivity contribution in [1.82, 2.24) is 10.6 Å². The molecule has 22 heavy (non-hydrogen) atoms. The third-order valence-electron chi connectivity index (χ3n) is 3.19. The van der Waals surface area contributed by atoms with Crippen LogP contribution in [0.4, 0.5) is 0 Å². The summed E-state index contributed by atoms with van der Waals surface area (Å²) in [5.74, 6) is 2.81. The van der Waals surface area contributed by atoms with E-state index in [9.17, 15) is 5.11 Å². The van der Waals surface area contributed by atoms with Crippen molar-refractivity contribution in [2.75, 3.05) is 19.6 Å². The zero-order valence-electron chi connectivity index (χ0n) is 14.5. The van der Waals surface area contributed by atoms with Crippen LogP contribution >= 0.6 is 24.0 Å². The second-order valence-corrected chi connectivity index (χ2v) is 6.07. The number of aryl methyl sites for hydroxylation is 2. The molecule has 128 valence electrons. The molecular formula is C16H30IN3O2. The van der Waals surface area contributed by atoms with Crippen LogP contribution in [-0.2, 0) is 5.60 Å². The average molecular weight is 423 g/mol. The van der Waals surface area contributed by atoms with Gasteiger partial charge >= 0.3 is 0 Å². The van der Waals surface area contributed by atoms with Crippen LogP contribution < -0.4 is 10.6 Å². The van der Waals surface area contributed by atoms with Gasteiger partial charge in [0.1, 0.15) is 17.1 Å². The molecule has 0 aromatic carbocycles. The summed E-state index contributed by atoms with van der Waals surface area (Å²) in [4.78, 5) is 4.49. The molecule has 0 bridgehead atoms. The first-order valence-electron chi connectivity index (χ1n) is 7.58. The number of aliphatic hydroxyl groups is 1. The average Bonchev–Trinajstić information content (AvgIpc) is 2.72. The highest BCUT2D eigenvalue weighted by Gasteiger charge is 2.27. The van der Waals surface area contributed by atoms with Crippen molar-refractivity contribution >= 4 is 29.9 Å². The first kappa shape index (κ1) is 21.2. The van der Waals surface area contributed by atoms with Gasteiger partial charge in [-0.3, -0.25) is 0 Å². The van der Waals surface area contributed by atoms with E-state index in [2.05, 4.69) is 29.5 Å². The normalized spacial score (nSPS) is 14.5. The number of nitrogens with zero attached hydrogens (tertiary/aromatic N) is 1. The van der Waals surface area contributed by atoms with Gasteiger partial charge in [0.2, 0.25) is 0 Å². The van der Waals surface area contributed by atoms with Crippen molar-refractivity contribution in [3.63, 3.8) is 0 Å². The van der Waals surface area contributed by atoms with Gasteiger partial charge < -0.3 is 20.2 Å². The van der Waals surface area contributed by atoms with E-state index in [4.69, 9.17) is 4.42 Å². The Balaban J connectivity index is 0.00000441. The number of guanidine groups is 1. The molecular weight excluding hydrogens is 393 g/mol. The molecule has 0 saturated heterocycles. The summed E-state index contributed by atoms with van der Waals surface area (Å²) in [7, 11) is 0. The summed E-state index contributed by atoms with van der Waals surface area (Å²) < 4.78 is 5.49. The molecule has 0 aliphatic heterocycles. The smallest absolute Gasteiger partial charge is 0.191 e. The second-order valence-electron chi connectivity index (χ2n) is 6.07. The minimum Gasteiger partial charge on any atom is -0.466 e. The topological polar surface area (TPSA) is 69.8 Å². The molecule has 1 aromatic heterocycles. The predicted molar refractivity (Wildman–Crippen MR) is 102 cm³/mol. The third-order valence-corrected chi connectivity index (χ3v) is 3.19. The standard InChI is InChI=1S/C16H29N3O2.HI/c1-7-17-15(18-9-11(2)3)19-10-16(6,20)14-8-12(4)21-13(14)5;/h8,11,20H,7,9-10H2,1-6H3,(H2,17,18,19);1H. The van der Waals surface area contributed by atoms with Gasteiger partial charge in [0.25, 0.3) is 0 Å². The van der Waals surface area contributed by atoms with Crippen LogP contribution in [-0.4, -0.2) is 30.7 Å². The number of hydrogen-bond acceptors (Lipinski definition) is 3. The molecule has 0 aliphatic carbocycles. The molecule has 1 heterocycles. The summed E-state index contributed by atoms with van der Waals surface area (Å²) in [6.45, 7) is 13.7. The molecule has 0 fully saturated rings. The lowest BCUT2D eigenvalue weighted by Crippen LogP contribution is -2.40. The number of hydrogen-bond donors (Lipinski definition) is 3. The highest BCUT2D eigenvalue weighted by atomic mass is 127. The third kappa shape index (κ3) is 6.56. The Kier molecular flexibility index (Phi) is 9.07. The number of aliphatic imine (C=N–C) groups is 1. The Bertz CT molecular complexity index is 482. The summed E-state index contributed by atoms with van der Waals surface area (Å²) in [5.41, 5.74) is -0.245. The van der Waals surface area contributed by atoms with Crippen molar-refractivity contribution in [2.24, 2.45) is 10.9 Å². The fraction of sp³-hybridized carbons (Fsp3) is 0.688. The van der Waals surface area contributed by atoms with Crippen LogP contribution in [0.2, 0.25) is 0 Å².